The molecule has 0 N–H and O–H groups in total. The van der Waals surface area contributed by atoms with Gasteiger partial charge in [-0.3, -0.25) is 9.59 Å². The van der Waals surface area contributed by atoms with Crippen LogP contribution in [0.25, 0.3) is 0 Å². The number of benzene rings is 1. The molecule has 0 aliphatic carbocycles. The van der Waals surface area contributed by atoms with E-state index in [0.29, 0.717) is 18.5 Å². The SMILES string of the molecule is CCC(C)C(=O)C(C#N)C(=O)c1ccc(Cn2cncn2)cc1. The van der Waals surface area contributed by atoms with Crippen molar-refractivity contribution in [3.8, 4) is 6.07 Å². The van der Waals surface area contributed by atoms with Gasteiger partial charge in [0.25, 0.3) is 0 Å². The highest BCUT2D eigenvalue weighted by atomic mass is 16.2. The normalized spacial score (nSPS) is 13.1. The molecule has 0 bridgehead atoms. The first kappa shape index (κ1) is 16.6. The van der Waals surface area contributed by atoms with E-state index in [4.69, 9.17) is 0 Å². The van der Waals surface area contributed by atoms with Crippen molar-refractivity contribution in [2.75, 3.05) is 0 Å². The third-order valence-electron chi connectivity index (χ3n) is 3.82. The van der Waals surface area contributed by atoms with Gasteiger partial charge < -0.3 is 0 Å². The number of nitriles is 1. The predicted molar refractivity (Wildman–Crippen MR) is 83.5 cm³/mol. The van der Waals surface area contributed by atoms with Crippen molar-refractivity contribution in [1.29, 1.82) is 5.26 Å². The lowest BCUT2D eigenvalue weighted by atomic mass is 9.87. The number of carbonyl (C=O) groups is 2. The van der Waals surface area contributed by atoms with Crippen LogP contribution in [0.5, 0.6) is 0 Å². The lowest BCUT2D eigenvalue weighted by molar-refractivity contribution is -0.123. The summed E-state index contributed by atoms with van der Waals surface area (Å²) in [5.74, 6) is -2.28. The number of hydrogen-bond acceptors (Lipinski definition) is 5. The van der Waals surface area contributed by atoms with Crippen LogP contribution in [0.1, 0.15) is 36.2 Å². The molecule has 0 fully saturated rings. The van der Waals surface area contributed by atoms with Crippen molar-refractivity contribution >= 4 is 11.6 Å². The van der Waals surface area contributed by atoms with Crippen molar-refractivity contribution < 1.29 is 9.59 Å². The summed E-state index contributed by atoms with van der Waals surface area (Å²) in [6.07, 6.45) is 3.67. The third kappa shape index (κ3) is 3.89. The highest BCUT2D eigenvalue weighted by Gasteiger charge is 2.30. The number of ketones is 2. The van der Waals surface area contributed by atoms with Gasteiger partial charge in [-0.05, 0) is 12.0 Å². The van der Waals surface area contributed by atoms with Crippen LogP contribution in [0.3, 0.4) is 0 Å². The zero-order valence-electron chi connectivity index (χ0n) is 13.1. The summed E-state index contributed by atoms with van der Waals surface area (Å²) in [6, 6.07) is 8.71. The Kier molecular flexibility index (Phi) is 5.36. The number of aromatic nitrogens is 3. The first-order valence-electron chi connectivity index (χ1n) is 7.45. The van der Waals surface area contributed by atoms with Crippen LogP contribution in [0.4, 0.5) is 0 Å². The Balaban J connectivity index is 2.13. The number of nitrogens with zero attached hydrogens (tertiary/aromatic N) is 4. The Morgan fingerprint density at radius 1 is 1.30 bits per heavy atom. The van der Waals surface area contributed by atoms with E-state index in [0.717, 1.165) is 5.56 Å². The molecule has 2 unspecified atom stereocenters. The molecule has 0 spiro atoms. The molecule has 23 heavy (non-hydrogen) atoms. The number of hydrogen-bond donors (Lipinski definition) is 0. The highest BCUT2D eigenvalue weighted by molar-refractivity contribution is 6.13. The molecular formula is C17H18N4O2. The van der Waals surface area contributed by atoms with Gasteiger partial charge in [0.1, 0.15) is 12.7 Å². The van der Waals surface area contributed by atoms with E-state index in [1.807, 2.05) is 13.0 Å². The molecule has 118 valence electrons. The van der Waals surface area contributed by atoms with E-state index < -0.39 is 11.7 Å². The summed E-state index contributed by atoms with van der Waals surface area (Å²) in [7, 11) is 0. The third-order valence-corrected chi connectivity index (χ3v) is 3.82. The molecule has 2 rings (SSSR count). The quantitative estimate of drug-likeness (QED) is 0.578. The Bertz CT molecular complexity index is 714. The number of rotatable bonds is 7. The smallest absolute Gasteiger partial charge is 0.187 e. The topological polar surface area (TPSA) is 88.6 Å². The molecule has 0 radical (unpaired) electrons. The molecule has 1 aromatic carbocycles. The minimum atomic E-state index is -1.23. The fraction of sp³-hybridized carbons (Fsp3) is 0.353. The lowest BCUT2D eigenvalue weighted by Crippen LogP contribution is -2.27. The minimum absolute atomic E-state index is 0.296. The maximum atomic E-state index is 12.4. The second-order valence-corrected chi connectivity index (χ2v) is 5.43. The van der Waals surface area contributed by atoms with Crippen LogP contribution in [-0.4, -0.2) is 26.3 Å². The Morgan fingerprint density at radius 3 is 2.52 bits per heavy atom. The van der Waals surface area contributed by atoms with E-state index in [1.165, 1.54) is 6.33 Å². The van der Waals surface area contributed by atoms with Gasteiger partial charge in [0.2, 0.25) is 0 Å². The molecule has 1 aromatic heterocycles. The van der Waals surface area contributed by atoms with Crippen molar-refractivity contribution in [1.82, 2.24) is 14.8 Å². The largest absolute Gasteiger partial charge is 0.297 e. The van der Waals surface area contributed by atoms with E-state index in [9.17, 15) is 14.9 Å². The summed E-state index contributed by atoms with van der Waals surface area (Å²) in [5.41, 5.74) is 1.32. The van der Waals surface area contributed by atoms with Gasteiger partial charge in [0.05, 0.1) is 12.6 Å². The first-order chi connectivity index (χ1) is 11.1. The van der Waals surface area contributed by atoms with Crippen LogP contribution >= 0.6 is 0 Å². The zero-order valence-corrected chi connectivity index (χ0v) is 13.1. The predicted octanol–water partition coefficient (Wildman–Crippen LogP) is 2.26. The molecule has 6 heteroatoms. The maximum Gasteiger partial charge on any atom is 0.187 e. The molecule has 0 aliphatic rings. The van der Waals surface area contributed by atoms with E-state index in [2.05, 4.69) is 10.1 Å². The van der Waals surface area contributed by atoms with Gasteiger partial charge in [-0.25, -0.2) is 9.67 Å². The molecule has 0 saturated heterocycles. The lowest BCUT2D eigenvalue weighted by Gasteiger charge is -2.12. The van der Waals surface area contributed by atoms with Gasteiger partial charge >= 0.3 is 0 Å². The average molecular weight is 310 g/mol. The van der Waals surface area contributed by atoms with Crippen molar-refractivity contribution in [3.05, 3.63) is 48.0 Å². The molecule has 2 atom stereocenters. The molecule has 6 nitrogen and oxygen atoms in total. The Hall–Kier alpha value is -2.81. The van der Waals surface area contributed by atoms with Gasteiger partial charge in [-0.1, -0.05) is 38.1 Å². The van der Waals surface area contributed by atoms with E-state index in [1.54, 1.807) is 42.2 Å². The van der Waals surface area contributed by atoms with E-state index in [-0.39, 0.29) is 11.7 Å². The van der Waals surface area contributed by atoms with Crippen molar-refractivity contribution in [2.24, 2.45) is 11.8 Å². The fourth-order valence-electron chi connectivity index (χ4n) is 2.18. The standard InChI is InChI=1S/C17H18N4O2/c1-3-12(2)16(22)15(8-18)17(23)14-6-4-13(5-7-14)9-21-11-19-10-20-21/h4-7,10-12,15H,3,9H2,1-2H3. The van der Waals surface area contributed by atoms with Crippen LogP contribution in [0.2, 0.25) is 0 Å². The van der Waals surface area contributed by atoms with Crippen LogP contribution in [0.15, 0.2) is 36.9 Å². The van der Waals surface area contributed by atoms with Gasteiger partial charge in [0, 0.05) is 11.5 Å². The minimum Gasteiger partial charge on any atom is -0.297 e. The monoisotopic (exact) mass is 310 g/mol. The van der Waals surface area contributed by atoms with Gasteiger partial charge in [0.15, 0.2) is 17.5 Å². The summed E-state index contributed by atoms with van der Waals surface area (Å²) in [4.78, 5) is 28.4. The number of Topliss-reactive ketones (excluding diaryl/α,β-unsaturated/α-hetero) is 2. The van der Waals surface area contributed by atoms with Crippen LogP contribution in [0, 0.1) is 23.2 Å². The van der Waals surface area contributed by atoms with E-state index >= 15 is 0 Å². The molecule has 0 saturated carbocycles. The van der Waals surface area contributed by atoms with Crippen molar-refractivity contribution in [2.45, 2.75) is 26.8 Å². The summed E-state index contributed by atoms with van der Waals surface area (Å²) in [6.45, 7) is 4.14. The van der Waals surface area contributed by atoms with Gasteiger partial charge in [-0.15, -0.1) is 0 Å². The summed E-state index contributed by atoms with van der Waals surface area (Å²) in [5, 5.41) is 13.2. The molecule has 1 heterocycles. The molecular weight excluding hydrogens is 292 g/mol. The maximum absolute atomic E-state index is 12.4. The Morgan fingerprint density at radius 2 is 2.00 bits per heavy atom. The Labute approximate surface area is 134 Å². The van der Waals surface area contributed by atoms with Crippen LogP contribution < -0.4 is 0 Å². The fourth-order valence-corrected chi connectivity index (χ4v) is 2.18. The second-order valence-electron chi connectivity index (χ2n) is 5.43. The second kappa shape index (κ2) is 7.45. The summed E-state index contributed by atoms with van der Waals surface area (Å²) < 4.78 is 1.67. The van der Waals surface area contributed by atoms with Gasteiger partial charge in [-0.2, -0.15) is 10.4 Å². The van der Waals surface area contributed by atoms with Crippen LogP contribution in [-0.2, 0) is 11.3 Å². The summed E-state index contributed by atoms with van der Waals surface area (Å²) >= 11 is 0. The molecule has 2 aromatic rings. The molecule has 0 aliphatic heterocycles. The number of carbonyl (C=O) groups excluding carboxylic acids is 2. The average Bonchev–Trinajstić information content (AvgIpc) is 3.08. The van der Waals surface area contributed by atoms with Crippen molar-refractivity contribution in [3.63, 3.8) is 0 Å². The zero-order chi connectivity index (χ0) is 16.8. The first-order valence-corrected chi connectivity index (χ1v) is 7.45. The highest BCUT2D eigenvalue weighted by Crippen LogP contribution is 2.17. The molecule has 0 amide bonds.